The van der Waals surface area contributed by atoms with E-state index in [1.54, 1.807) is 17.0 Å². The van der Waals surface area contributed by atoms with Gasteiger partial charge in [0, 0.05) is 30.0 Å². The van der Waals surface area contributed by atoms with Gasteiger partial charge in [-0.15, -0.1) is 0 Å². The second-order valence-electron chi connectivity index (χ2n) is 9.69. The van der Waals surface area contributed by atoms with Gasteiger partial charge in [-0.3, -0.25) is 0 Å². The third-order valence-corrected chi connectivity index (χ3v) is 7.00. The number of fused-ring (bicyclic) bond motifs is 1. The lowest BCUT2D eigenvalue weighted by molar-refractivity contribution is -0.148. The molecule has 1 atom stereocenters. The highest BCUT2D eigenvalue weighted by atomic mass is 16.7. The molecule has 2 heterocycles. The molecule has 5 rings (SSSR count). The zero-order valence-corrected chi connectivity index (χ0v) is 18.8. The average molecular weight is 452 g/mol. The molecule has 33 heavy (non-hydrogen) atoms. The fourth-order valence-electron chi connectivity index (χ4n) is 4.39. The van der Waals surface area contributed by atoms with Crippen molar-refractivity contribution >= 4 is 12.1 Å². The van der Waals surface area contributed by atoms with E-state index in [1.807, 2.05) is 30.3 Å². The van der Waals surface area contributed by atoms with Gasteiger partial charge >= 0.3 is 12.1 Å². The van der Waals surface area contributed by atoms with Crippen LogP contribution in [0.5, 0.6) is 5.75 Å². The second kappa shape index (κ2) is 8.71. The highest BCUT2D eigenvalue weighted by molar-refractivity contribution is 5.88. The number of piperidine rings is 1. The van der Waals surface area contributed by atoms with E-state index in [-0.39, 0.29) is 29.3 Å². The van der Waals surface area contributed by atoms with Gasteiger partial charge in [0.2, 0.25) is 6.29 Å². The lowest BCUT2D eigenvalue weighted by atomic mass is 9.95. The molecule has 1 saturated heterocycles. The lowest BCUT2D eigenvalue weighted by Crippen LogP contribution is -2.44. The minimum absolute atomic E-state index is 0.201. The molecule has 7 heteroatoms. The molecule has 0 radical (unpaired) electrons. The van der Waals surface area contributed by atoms with Crippen LogP contribution >= 0.6 is 0 Å². The van der Waals surface area contributed by atoms with Crippen LogP contribution in [0.3, 0.4) is 0 Å². The molecule has 3 aliphatic rings. The molecule has 0 aromatic heterocycles. The van der Waals surface area contributed by atoms with Crippen LogP contribution in [0.15, 0.2) is 42.5 Å². The van der Waals surface area contributed by atoms with Gasteiger partial charge in [0.25, 0.3) is 0 Å². The SMILES string of the molecule is CC1(COC(=O)N2CCC(C3OCc4cc(-c5ccc(C(=O)O)cc5)ccc4O3)CC2)CC1. The molecule has 174 valence electrons. The molecule has 1 amide bonds. The maximum atomic E-state index is 12.3. The molecule has 2 aromatic rings. The number of amides is 1. The van der Waals surface area contributed by atoms with Crippen LogP contribution in [0.2, 0.25) is 0 Å². The normalized spacial score (nSPS) is 21.6. The van der Waals surface area contributed by atoms with Gasteiger partial charge in [-0.2, -0.15) is 0 Å². The Bertz CT molecular complexity index is 1040. The van der Waals surface area contributed by atoms with E-state index in [1.165, 1.54) is 0 Å². The first kappa shape index (κ1) is 21.8. The van der Waals surface area contributed by atoms with Crippen LogP contribution in [0.1, 0.15) is 48.5 Å². The van der Waals surface area contributed by atoms with Gasteiger partial charge < -0.3 is 24.2 Å². The van der Waals surface area contributed by atoms with Crippen LogP contribution in [0.25, 0.3) is 11.1 Å². The summed E-state index contributed by atoms with van der Waals surface area (Å²) in [6.45, 7) is 4.44. The van der Waals surface area contributed by atoms with Crippen molar-refractivity contribution in [3.63, 3.8) is 0 Å². The molecule has 2 aliphatic heterocycles. The number of carbonyl (C=O) groups is 2. The van der Waals surface area contributed by atoms with E-state index >= 15 is 0 Å². The smallest absolute Gasteiger partial charge is 0.409 e. The number of hydrogen-bond acceptors (Lipinski definition) is 5. The summed E-state index contributed by atoms with van der Waals surface area (Å²) in [6.07, 6.45) is 3.39. The highest BCUT2D eigenvalue weighted by Crippen LogP contribution is 2.45. The summed E-state index contributed by atoms with van der Waals surface area (Å²) in [5.41, 5.74) is 3.37. The Morgan fingerprint density at radius 1 is 1.09 bits per heavy atom. The maximum absolute atomic E-state index is 12.3. The van der Waals surface area contributed by atoms with Crippen molar-refractivity contribution in [3.05, 3.63) is 53.6 Å². The Kier molecular flexibility index (Phi) is 5.74. The third kappa shape index (κ3) is 4.83. The number of benzene rings is 2. The average Bonchev–Trinajstić information content (AvgIpc) is 3.59. The van der Waals surface area contributed by atoms with Crippen LogP contribution in [-0.4, -0.2) is 48.1 Å². The molecular formula is C26H29NO6. The minimum atomic E-state index is -0.935. The standard InChI is InChI=1S/C26H29NO6/c1-26(10-11-26)16-32-25(30)27-12-8-19(9-13-27)24-31-15-21-14-20(6-7-22(21)33-24)17-2-4-18(5-3-17)23(28)29/h2-7,14,19,24H,8-13,15-16H2,1H3,(H,28,29). The topological polar surface area (TPSA) is 85.3 Å². The molecule has 0 bridgehead atoms. The van der Waals surface area contributed by atoms with Crippen molar-refractivity contribution in [2.75, 3.05) is 19.7 Å². The van der Waals surface area contributed by atoms with Crippen molar-refractivity contribution in [2.45, 2.75) is 45.5 Å². The Hall–Kier alpha value is -3.06. The van der Waals surface area contributed by atoms with Crippen molar-refractivity contribution in [1.29, 1.82) is 0 Å². The second-order valence-corrected chi connectivity index (χ2v) is 9.69. The largest absolute Gasteiger partial charge is 0.478 e. The Morgan fingerprint density at radius 2 is 1.79 bits per heavy atom. The molecule has 0 spiro atoms. The van der Waals surface area contributed by atoms with E-state index in [9.17, 15) is 9.59 Å². The van der Waals surface area contributed by atoms with Gasteiger partial charge in [0.05, 0.1) is 18.8 Å². The van der Waals surface area contributed by atoms with E-state index in [0.717, 1.165) is 48.1 Å². The summed E-state index contributed by atoms with van der Waals surface area (Å²) in [7, 11) is 0. The predicted molar refractivity (Wildman–Crippen MR) is 121 cm³/mol. The van der Waals surface area contributed by atoms with E-state index < -0.39 is 5.97 Å². The number of rotatable bonds is 5. The molecule has 1 N–H and O–H groups in total. The first-order valence-corrected chi connectivity index (χ1v) is 11.6. The first-order chi connectivity index (χ1) is 15.9. The number of carboxylic acids is 1. The van der Waals surface area contributed by atoms with Gasteiger partial charge in [0.1, 0.15) is 5.75 Å². The first-order valence-electron chi connectivity index (χ1n) is 11.6. The van der Waals surface area contributed by atoms with E-state index in [2.05, 4.69) is 6.92 Å². The van der Waals surface area contributed by atoms with E-state index in [4.69, 9.17) is 19.3 Å². The number of hydrogen-bond donors (Lipinski definition) is 1. The molecule has 7 nitrogen and oxygen atoms in total. The third-order valence-electron chi connectivity index (χ3n) is 7.00. The van der Waals surface area contributed by atoms with Gasteiger partial charge in [-0.1, -0.05) is 25.1 Å². The summed E-state index contributed by atoms with van der Waals surface area (Å²) >= 11 is 0. The zero-order valence-electron chi connectivity index (χ0n) is 18.8. The predicted octanol–water partition coefficient (Wildman–Crippen LogP) is 4.94. The fourth-order valence-corrected chi connectivity index (χ4v) is 4.39. The van der Waals surface area contributed by atoms with Crippen LogP contribution in [-0.2, 0) is 16.1 Å². The number of carbonyl (C=O) groups excluding carboxylic acids is 1. The Balaban J connectivity index is 1.16. The van der Waals surface area contributed by atoms with Crippen molar-refractivity contribution in [1.82, 2.24) is 4.90 Å². The van der Waals surface area contributed by atoms with Gasteiger partial charge in [0.15, 0.2) is 0 Å². The molecule has 1 unspecified atom stereocenters. The van der Waals surface area contributed by atoms with Crippen LogP contribution in [0.4, 0.5) is 4.79 Å². The monoisotopic (exact) mass is 451 g/mol. The number of aromatic carboxylic acids is 1. The van der Waals surface area contributed by atoms with Crippen molar-refractivity contribution in [3.8, 4) is 16.9 Å². The molecular weight excluding hydrogens is 422 g/mol. The molecule has 2 aromatic carbocycles. The van der Waals surface area contributed by atoms with Crippen molar-refractivity contribution in [2.24, 2.45) is 11.3 Å². The highest BCUT2D eigenvalue weighted by Gasteiger charge is 2.39. The van der Waals surface area contributed by atoms with Gasteiger partial charge in [-0.25, -0.2) is 9.59 Å². The molecule has 2 fully saturated rings. The fraction of sp³-hybridized carbons (Fsp3) is 0.462. The maximum Gasteiger partial charge on any atom is 0.409 e. The number of likely N-dealkylation sites (tertiary alicyclic amines) is 1. The molecule has 1 saturated carbocycles. The van der Waals surface area contributed by atoms with Crippen molar-refractivity contribution < 1.29 is 28.9 Å². The van der Waals surface area contributed by atoms with E-state index in [0.29, 0.717) is 26.3 Å². The van der Waals surface area contributed by atoms with Crippen LogP contribution < -0.4 is 4.74 Å². The number of carboxylic acid groups (broad SMARTS) is 1. The summed E-state index contributed by atoms with van der Waals surface area (Å²) in [6, 6.07) is 12.8. The summed E-state index contributed by atoms with van der Waals surface area (Å²) in [5.74, 6) is 0.109. The zero-order chi connectivity index (χ0) is 23.0. The van der Waals surface area contributed by atoms with Gasteiger partial charge in [-0.05, 0) is 61.1 Å². The Morgan fingerprint density at radius 3 is 2.45 bits per heavy atom. The minimum Gasteiger partial charge on any atom is -0.478 e. The number of nitrogens with zero attached hydrogens (tertiary/aromatic N) is 1. The Labute approximate surface area is 193 Å². The summed E-state index contributed by atoms with van der Waals surface area (Å²) in [4.78, 5) is 25.2. The summed E-state index contributed by atoms with van der Waals surface area (Å²) < 4.78 is 17.7. The van der Waals surface area contributed by atoms with Crippen LogP contribution in [0, 0.1) is 11.3 Å². The quantitative estimate of drug-likeness (QED) is 0.693. The lowest BCUT2D eigenvalue weighted by Gasteiger charge is -2.37. The molecule has 1 aliphatic carbocycles. The number of ether oxygens (including phenoxy) is 3. The summed E-state index contributed by atoms with van der Waals surface area (Å²) in [5, 5.41) is 9.08.